The van der Waals surface area contributed by atoms with Crippen molar-refractivity contribution in [2.24, 2.45) is 0 Å². The van der Waals surface area contributed by atoms with Crippen LogP contribution in [0, 0.1) is 0 Å². The van der Waals surface area contributed by atoms with Crippen molar-refractivity contribution < 1.29 is 0 Å². The van der Waals surface area contributed by atoms with Gasteiger partial charge in [-0.15, -0.1) is 0 Å². The second-order valence-electron chi connectivity index (χ2n) is 4.73. The van der Waals surface area contributed by atoms with E-state index in [0.717, 1.165) is 12.2 Å². The van der Waals surface area contributed by atoms with Crippen LogP contribution in [0.4, 0.5) is 0 Å². The van der Waals surface area contributed by atoms with Gasteiger partial charge in [0.15, 0.2) is 0 Å². The van der Waals surface area contributed by atoms with E-state index in [-0.39, 0.29) is 0 Å². The Morgan fingerprint density at radius 3 is 2.84 bits per heavy atom. The topological polar surface area (TPSA) is 40.7 Å². The number of rotatable bonds is 4. The highest BCUT2D eigenvalue weighted by Crippen LogP contribution is 2.17. The molecule has 0 spiro atoms. The lowest BCUT2D eigenvalue weighted by Crippen LogP contribution is -2.17. The van der Waals surface area contributed by atoms with E-state index in [2.05, 4.69) is 52.5 Å². The second-order valence-corrected chi connectivity index (χ2v) is 4.73. The lowest BCUT2D eigenvalue weighted by Gasteiger charge is -2.13. The van der Waals surface area contributed by atoms with Gasteiger partial charge in [-0.1, -0.05) is 30.3 Å². The molecule has 0 aliphatic rings. The van der Waals surface area contributed by atoms with Crippen molar-refractivity contribution in [3.63, 3.8) is 0 Å². The molecule has 3 heteroatoms. The maximum Gasteiger partial charge on any atom is 0.137 e. The first-order chi connectivity index (χ1) is 9.34. The molecule has 2 N–H and O–H groups in total. The molecule has 1 aromatic carbocycles. The molecular weight excluding hydrogens is 234 g/mol. The quantitative estimate of drug-likeness (QED) is 0.746. The summed E-state index contributed by atoms with van der Waals surface area (Å²) >= 11 is 0. The molecular formula is C16H17N3. The Labute approximate surface area is 112 Å². The van der Waals surface area contributed by atoms with Crippen molar-refractivity contribution in [3.05, 3.63) is 66.0 Å². The minimum absolute atomic E-state index is 0.336. The maximum absolute atomic E-state index is 4.30. The zero-order chi connectivity index (χ0) is 13.1. The van der Waals surface area contributed by atoms with Gasteiger partial charge >= 0.3 is 0 Å². The van der Waals surface area contributed by atoms with Crippen molar-refractivity contribution in [3.8, 4) is 0 Å². The molecule has 2 heterocycles. The predicted octanol–water partition coefficient (Wildman–Crippen LogP) is 3.41. The lowest BCUT2D eigenvalue weighted by molar-refractivity contribution is 0.576. The van der Waals surface area contributed by atoms with Crippen molar-refractivity contribution in [1.82, 2.24) is 15.3 Å². The molecule has 0 saturated heterocycles. The molecule has 0 aliphatic carbocycles. The standard InChI is InChI=1S/C16H17N3/c1-12(13-6-3-2-4-7-13)18-10-14-11-19-16-15(14)8-5-9-17-16/h2-9,11-12,18H,10H2,1H3,(H,17,19)/t12-/m0/s1. The third-order valence-corrected chi connectivity index (χ3v) is 3.44. The number of nitrogens with one attached hydrogen (secondary N) is 2. The largest absolute Gasteiger partial charge is 0.346 e. The summed E-state index contributed by atoms with van der Waals surface area (Å²) in [6.07, 6.45) is 3.84. The average Bonchev–Trinajstić information content (AvgIpc) is 2.89. The van der Waals surface area contributed by atoms with Crippen LogP contribution >= 0.6 is 0 Å². The average molecular weight is 251 g/mol. The summed E-state index contributed by atoms with van der Waals surface area (Å²) in [7, 11) is 0. The van der Waals surface area contributed by atoms with Crippen LogP contribution in [0.25, 0.3) is 11.0 Å². The van der Waals surface area contributed by atoms with Crippen LogP contribution in [-0.4, -0.2) is 9.97 Å². The van der Waals surface area contributed by atoms with Crippen LogP contribution in [0.2, 0.25) is 0 Å². The van der Waals surface area contributed by atoms with Gasteiger partial charge < -0.3 is 10.3 Å². The van der Waals surface area contributed by atoms with E-state index in [4.69, 9.17) is 0 Å². The van der Waals surface area contributed by atoms with E-state index >= 15 is 0 Å². The number of fused-ring (bicyclic) bond motifs is 1. The van der Waals surface area contributed by atoms with Gasteiger partial charge in [0.1, 0.15) is 5.65 Å². The summed E-state index contributed by atoms with van der Waals surface area (Å²) in [5.74, 6) is 0. The normalized spacial score (nSPS) is 12.7. The van der Waals surface area contributed by atoms with Crippen LogP contribution in [0.5, 0.6) is 0 Å². The Balaban J connectivity index is 1.73. The fourth-order valence-corrected chi connectivity index (χ4v) is 2.28. The molecule has 0 saturated carbocycles. The number of benzene rings is 1. The Kier molecular flexibility index (Phi) is 3.29. The molecule has 0 aliphatic heterocycles. The van der Waals surface area contributed by atoms with Gasteiger partial charge in [-0.25, -0.2) is 4.98 Å². The number of hydrogen-bond acceptors (Lipinski definition) is 2. The monoisotopic (exact) mass is 251 g/mol. The minimum atomic E-state index is 0.336. The minimum Gasteiger partial charge on any atom is -0.346 e. The number of aromatic nitrogens is 2. The number of hydrogen-bond donors (Lipinski definition) is 2. The van der Waals surface area contributed by atoms with E-state index in [1.54, 1.807) is 0 Å². The summed E-state index contributed by atoms with van der Waals surface area (Å²) in [4.78, 5) is 7.50. The van der Waals surface area contributed by atoms with Crippen molar-refractivity contribution in [2.45, 2.75) is 19.5 Å². The van der Waals surface area contributed by atoms with Gasteiger partial charge in [0.25, 0.3) is 0 Å². The third kappa shape index (κ3) is 2.51. The first-order valence-electron chi connectivity index (χ1n) is 6.54. The van der Waals surface area contributed by atoms with E-state index in [1.807, 2.05) is 24.5 Å². The first kappa shape index (κ1) is 11.9. The Morgan fingerprint density at radius 2 is 2.00 bits per heavy atom. The fraction of sp³-hybridized carbons (Fsp3) is 0.188. The molecule has 0 fully saturated rings. The molecule has 96 valence electrons. The van der Waals surface area contributed by atoms with Crippen LogP contribution < -0.4 is 5.32 Å². The summed E-state index contributed by atoms with van der Waals surface area (Å²) in [6, 6.07) is 14.9. The summed E-state index contributed by atoms with van der Waals surface area (Å²) < 4.78 is 0. The summed E-state index contributed by atoms with van der Waals surface area (Å²) in [5.41, 5.74) is 3.51. The van der Waals surface area contributed by atoms with Gasteiger partial charge in [-0.05, 0) is 30.2 Å². The van der Waals surface area contributed by atoms with Gasteiger partial charge in [0.2, 0.25) is 0 Å². The third-order valence-electron chi connectivity index (χ3n) is 3.44. The highest BCUT2D eigenvalue weighted by molar-refractivity contribution is 5.79. The zero-order valence-corrected chi connectivity index (χ0v) is 10.9. The molecule has 0 amide bonds. The highest BCUT2D eigenvalue weighted by Gasteiger charge is 2.07. The Hall–Kier alpha value is -2.13. The molecule has 1 atom stereocenters. The van der Waals surface area contributed by atoms with Crippen LogP contribution in [-0.2, 0) is 6.54 Å². The molecule has 3 rings (SSSR count). The van der Waals surface area contributed by atoms with E-state index in [0.29, 0.717) is 6.04 Å². The summed E-state index contributed by atoms with van der Waals surface area (Å²) in [6.45, 7) is 3.02. The predicted molar refractivity (Wildman–Crippen MR) is 77.8 cm³/mol. The maximum atomic E-state index is 4.30. The van der Waals surface area contributed by atoms with Crippen LogP contribution in [0.3, 0.4) is 0 Å². The number of H-pyrrole nitrogens is 1. The molecule has 3 nitrogen and oxygen atoms in total. The van der Waals surface area contributed by atoms with Crippen molar-refractivity contribution in [2.75, 3.05) is 0 Å². The molecule has 0 bridgehead atoms. The number of nitrogens with zero attached hydrogens (tertiary/aromatic N) is 1. The Bertz CT molecular complexity index is 658. The van der Waals surface area contributed by atoms with Crippen LogP contribution in [0.1, 0.15) is 24.1 Å². The number of pyridine rings is 1. The highest BCUT2D eigenvalue weighted by atomic mass is 14.9. The SMILES string of the molecule is C[C@H](NCc1c[nH]c2ncccc12)c1ccccc1. The van der Waals surface area contributed by atoms with Crippen molar-refractivity contribution in [1.29, 1.82) is 0 Å². The van der Waals surface area contributed by atoms with Crippen LogP contribution in [0.15, 0.2) is 54.9 Å². The Morgan fingerprint density at radius 1 is 1.16 bits per heavy atom. The van der Waals surface area contributed by atoms with E-state index in [1.165, 1.54) is 16.5 Å². The molecule has 2 aromatic heterocycles. The zero-order valence-electron chi connectivity index (χ0n) is 10.9. The summed E-state index contributed by atoms with van der Waals surface area (Å²) in [5, 5.41) is 4.74. The molecule has 3 aromatic rings. The van der Waals surface area contributed by atoms with Gasteiger partial charge in [0.05, 0.1) is 0 Å². The lowest BCUT2D eigenvalue weighted by atomic mass is 10.1. The molecule has 19 heavy (non-hydrogen) atoms. The molecule has 0 unspecified atom stereocenters. The van der Waals surface area contributed by atoms with E-state index in [9.17, 15) is 0 Å². The van der Waals surface area contributed by atoms with E-state index < -0.39 is 0 Å². The number of aromatic amines is 1. The van der Waals surface area contributed by atoms with Crippen molar-refractivity contribution >= 4 is 11.0 Å². The van der Waals surface area contributed by atoms with Gasteiger partial charge in [0, 0.05) is 30.4 Å². The second kappa shape index (κ2) is 5.24. The fourth-order valence-electron chi connectivity index (χ4n) is 2.28. The smallest absolute Gasteiger partial charge is 0.137 e. The first-order valence-corrected chi connectivity index (χ1v) is 6.54. The van der Waals surface area contributed by atoms with Gasteiger partial charge in [-0.2, -0.15) is 0 Å². The van der Waals surface area contributed by atoms with Gasteiger partial charge in [-0.3, -0.25) is 0 Å². The molecule has 0 radical (unpaired) electrons.